The van der Waals surface area contributed by atoms with Crippen LogP contribution in [0.5, 0.6) is 5.75 Å². The highest BCUT2D eigenvalue weighted by atomic mass is 32.2. The van der Waals surface area contributed by atoms with Crippen molar-refractivity contribution in [2.75, 3.05) is 5.75 Å². The SMILES string of the molecule is Cc1c(Cc2c(F)cccc2C(F)(F)F)c2n(c(=O)c1-c1cc(OC(F)(F)F)ccc1F)C(C(N)c1ccccc1)CS2. The first-order valence-electron chi connectivity index (χ1n) is 12.8. The second-order valence-electron chi connectivity index (χ2n) is 9.90. The summed E-state index contributed by atoms with van der Waals surface area (Å²) in [6.45, 7) is 1.34. The maximum atomic E-state index is 15.2. The highest BCUT2D eigenvalue weighted by Gasteiger charge is 2.38. The number of hydrogen-bond donors (Lipinski definition) is 1. The predicted molar refractivity (Wildman–Crippen MR) is 145 cm³/mol. The summed E-state index contributed by atoms with van der Waals surface area (Å²) in [5, 5.41) is 0.210. The fourth-order valence-corrected chi connectivity index (χ4v) is 6.73. The largest absolute Gasteiger partial charge is 0.573 e. The van der Waals surface area contributed by atoms with Crippen molar-refractivity contribution in [1.29, 1.82) is 0 Å². The molecule has 1 aromatic heterocycles. The van der Waals surface area contributed by atoms with Crippen LogP contribution in [0.3, 0.4) is 0 Å². The van der Waals surface area contributed by atoms with Crippen LogP contribution in [0.25, 0.3) is 11.1 Å². The van der Waals surface area contributed by atoms with E-state index in [1.54, 1.807) is 30.3 Å². The molecule has 2 unspecified atom stereocenters. The van der Waals surface area contributed by atoms with Crippen LogP contribution in [0.4, 0.5) is 35.1 Å². The summed E-state index contributed by atoms with van der Waals surface area (Å²) >= 11 is 1.12. The van der Waals surface area contributed by atoms with E-state index in [2.05, 4.69) is 4.74 Å². The second-order valence-corrected chi connectivity index (χ2v) is 10.9. The molecule has 0 fully saturated rings. The van der Waals surface area contributed by atoms with E-state index < -0.39 is 76.2 Å². The molecule has 0 bridgehead atoms. The average molecular weight is 627 g/mol. The molecule has 226 valence electrons. The highest BCUT2D eigenvalue weighted by Crippen LogP contribution is 2.44. The minimum atomic E-state index is -5.12. The molecule has 43 heavy (non-hydrogen) atoms. The summed E-state index contributed by atoms with van der Waals surface area (Å²) in [5.74, 6) is -2.83. The van der Waals surface area contributed by atoms with E-state index in [1.165, 1.54) is 11.5 Å². The zero-order valence-corrected chi connectivity index (χ0v) is 23.0. The van der Waals surface area contributed by atoms with E-state index in [1.807, 2.05) is 0 Å². The second kappa shape index (κ2) is 11.3. The summed E-state index contributed by atoms with van der Waals surface area (Å²) in [4.78, 5) is 14.1. The van der Waals surface area contributed by atoms with Gasteiger partial charge in [-0.1, -0.05) is 36.4 Å². The highest BCUT2D eigenvalue weighted by molar-refractivity contribution is 7.99. The van der Waals surface area contributed by atoms with E-state index in [0.717, 1.165) is 36.0 Å². The number of nitrogens with zero attached hydrogens (tertiary/aromatic N) is 1. The van der Waals surface area contributed by atoms with Crippen molar-refractivity contribution in [2.45, 2.75) is 43.0 Å². The van der Waals surface area contributed by atoms with Gasteiger partial charge in [0.25, 0.3) is 5.56 Å². The first-order chi connectivity index (χ1) is 20.2. The van der Waals surface area contributed by atoms with Crippen molar-refractivity contribution in [1.82, 2.24) is 4.57 Å². The van der Waals surface area contributed by atoms with Gasteiger partial charge in [0.05, 0.1) is 28.2 Å². The number of rotatable bonds is 6. The summed E-state index contributed by atoms with van der Waals surface area (Å²) < 4.78 is 116. The van der Waals surface area contributed by atoms with Crippen LogP contribution < -0.4 is 16.0 Å². The van der Waals surface area contributed by atoms with Gasteiger partial charge in [-0.25, -0.2) is 8.78 Å². The van der Waals surface area contributed by atoms with Crippen LogP contribution in [-0.2, 0) is 12.6 Å². The molecule has 2 N–H and O–H groups in total. The number of ether oxygens (including phenoxy) is 1. The van der Waals surface area contributed by atoms with Gasteiger partial charge in [0, 0.05) is 23.3 Å². The molecule has 0 amide bonds. The lowest BCUT2D eigenvalue weighted by Gasteiger charge is -2.25. The van der Waals surface area contributed by atoms with Crippen molar-refractivity contribution in [3.63, 3.8) is 0 Å². The molecule has 2 atom stereocenters. The lowest BCUT2D eigenvalue weighted by molar-refractivity contribution is -0.274. The Morgan fingerprint density at radius 3 is 2.30 bits per heavy atom. The molecule has 2 heterocycles. The molecular formula is C30H22F8N2O2S. The number of alkyl halides is 6. The van der Waals surface area contributed by atoms with Crippen LogP contribution >= 0.6 is 11.8 Å². The fourth-order valence-electron chi connectivity index (χ4n) is 5.29. The molecule has 0 saturated heterocycles. The molecule has 13 heteroatoms. The molecule has 4 aromatic rings. The molecule has 3 aromatic carbocycles. The minimum Gasteiger partial charge on any atom is -0.406 e. The monoisotopic (exact) mass is 626 g/mol. The van der Waals surface area contributed by atoms with E-state index in [4.69, 9.17) is 5.73 Å². The van der Waals surface area contributed by atoms with Gasteiger partial charge in [-0.3, -0.25) is 9.36 Å². The van der Waals surface area contributed by atoms with Crippen molar-refractivity contribution in [3.8, 4) is 16.9 Å². The molecule has 4 nitrogen and oxygen atoms in total. The third kappa shape index (κ3) is 6.00. The average Bonchev–Trinajstić information content (AvgIpc) is 3.37. The van der Waals surface area contributed by atoms with Crippen molar-refractivity contribution < 1.29 is 39.9 Å². The lowest BCUT2D eigenvalue weighted by atomic mass is 9.92. The summed E-state index contributed by atoms with van der Waals surface area (Å²) in [5.41, 5.74) is 3.54. The fraction of sp³-hybridized carbons (Fsp3) is 0.233. The third-order valence-corrected chi connectivity index (χ3v) is 8.50. The number of pyridine rings is 1. The summed E-state index contributed by atoms with van der Waals surface area (Å²) in [6, 6.07) is 11.7. The van der Waals surface area contributed by atoms with Crippen LogP contribution in [0.2, 0.25) is 0 Å². The lowest BCUT2D eigenvalue weighted by Crippen LogP contribution is -2.33. The van der Waals surface area contributed by atoms with Crippen LogP contribution in [0.1, 0.15) is 39.9 Å². The molecular weight excluding hydrogens is 604 g/mol. The third-order valence-electron chi connectivity index (χ3n) is 7.28. The summed E-state index contributed by atoms with van der Waals surface area (Å²) in [7, 11) is 0. The van der Waals surface area contributed by atoms with Gasteiger partial charge in [-0.05, 0) is 53.9 Å². The Hall–Kier alpha value is -3.84. The Morgan fingerprint density at radius 1 is 0.953 bits per heavy atom. The van der Waals surface area contributed by atoms with Crippen molar-refractivity contribution >= 4 is 11.8 Å². The summed E-state index contributed by atoms with van der Waals surface area (Å²) in [6.07, 6.45) is -10.7. The van der Waals surface area contributed by atoms with Gasteiger partial charge in [0.15, 0.2) is 0 Å². The van der Waals surface area contributed by atoms with Crippen LogP contribution in [0.15, 0.2) is 76.6 Å². The molecule has 0 radical (unpaired) electrons. The zero-order chi connectivity index (χ0) is 31.3. The first-order valence-corrected chi connectivity index (χ1v) is 13.8. The van der Waals surface area contributed by atoms with Crippen LogP contribution in [-0.4, -0.2) is 16.7 Å². The number of benzene rings is 3. The smallest absolute Gasteiger partial charge is 0.406 e. The standard InChI is InChI=1S/C30H22F8N2O2S/c1-15-18(13-19-21(29(33,34)35)8-5-9-22(19)31)28-40(24(14-43-28)26(39)16-6-3-2-4-7-16)27(41)25(15)20-12-17(10-11-23(20)32)42-30(36,37)38/h2-12,24,26H,13-14,39H2,1H3. The Bertz CT molecular complexity index is 1740. The van der Waals surface area contributed by atoms with E-state index in [0.29, 0.717) is 17.7 Å². The van der Waals surface area contributed by atoms with Gasteiger partial charge in [-0.15, -0.1) is 24.9 Å². The maximum Gasteiger partial charge on any atom is 0.573 e. The normalized spacial score (nSPS) is 15.8. The predicted octanol–water partition coefficient (Wildman–Crippen LogP) is 7.96. The number of thioether (sulfide) groups is 1. The molecule has 0 aliphatic carbocycles. The molecule has 5 rings (SSSR count). The Balaban J connectivity index is 1.78. The Labute approximate surface area is 244 Å². The first kappa shape index (κ1) is 30.6. The van der Waals surface area contributed by atoms with Gasteiger partial charge in [0.1, 0.15) is 17.4 Å². The Morgan fingerprint density at radius 2 is 1.65 bits per heavy atom. The molecule has 1 aliphatic rings. The quantitative estimate of drug-likeness (QED) is 0.221. The van der Waals surface area contributed by atoms with Crippen molar-refractivity contribution in [2.24, 2.45) is 5.73 Å². The van der Waals surface area contributed by atoms with E-state index >= 15 is 4.39 Å². The zero-order valence-electron chi connectivity index (χ0n) is 22.2. The van der Waals surface area contributed by atoms with Gasteiger partial charge >= 0.3 is 12.5 Å². The molecule has 0 spiro atoms. The van der Waals surface area contributed by atoms with Gasteiger partial charge in [0.2, 0.25) is 0 Å². The molecule has 1 aliphatic heterocycles. The van der Waals surface area contributed by atoms with Crippen LogP contribution in [0, 0.1) is 18.6 Å². The van der Waals surface area contributed by atoms with E-state index in [9.17, 15) is 35.5 Å². The van der Waals surface area contributed by atoms with Gasteiger partial charge in [-0.2, -0.15) is 13.2 Å². The Kier molecular flexibility index (Phi) is 8.07. The van der Waals surface area contributed by atoms with E-state index in [-0.39, 0.29) is 21.9 Å². The van der Waals surface area contributed by atoms with Gasteiger partial charge < -0.3 is 10.5 Å². The maximum absolute atomic E-state index is 15.2. The number of aromatic nitrogens is 1. The number of nitrogens with two attached hydrogens (primary N) is 1. The number of hydrogen-bond acceptors (Lipinski definition) is 4. The van der Waals surface area contributed by atoms with Crippen molar-refractivity contribution in [3.05, 3.63) is 117 Å². The number of halogens is 8. The number of fused-ring (bicyclic) bond motifs is 1. The topological polar surface area (TPSA) is 57.2 Å². The minimum absolute atomic E-state index is 0.0166. The molecule has 0 saturated carbocycles.